The van der Waals surface area contributed by atoms with Crippen LogP contribution in [-0.2, 0) is 0 Å². The van der Waals surface area contributed by atoms with Crippen molar-refractivity contribution in [2.45, 2.75) is 6.92 Å². The molecule has 12 heavy (non-hydrogen) atoms. The lowest BCUT2D eigenvalue weighted by Gasteiger charge is -2.01. The van der Waals surface area contributed by atoms with Crippen LogP contribution in [0.1, 0.15) is 16.1 Å². The van der Waals surface area contributed by atoms with E-state index in [9.17, 15) is 4.79 Å². The number of hydrogen-bond donors (Lipinski definition) is 1. The van der Waals surface area contributed by atoms with Crippen LogP contribution >= 0.6 is 23.2 Å². The van der Waals surface area contributed by atoms with E-state index in [1.54, 1.807) is 6.92 Å². The van der Waals surface area contributed by atoms with Crippen LogP contribution in [0, 0.1) is 6.92 Å². The van der Waals surface area contributed by atoms with Crippen LogP contribution in [0.5, 0.6) is 0 Å². The summed E-state index contributed by atoms with van der Waals surface area (Å²) in [6, 6.07) is 1.41. The predicted octanol–water partition coefficient (Wildman–Crippen LogP) is 2.40. The van der Waals surface area contributed by atoms with E-state index in [4.69, 9.17) is 28.3 Å². The molecule has 0 fully saturated rings. The SMILES string of the molecule is Cc1c(Cl)cc(Cl)nc1C(=O)O. The van der Waals surface area contributed by atoms with Gasteiger partial charge in [0.1, 0.15) is 5.15 Å². The van der Waals surface area contributed by atoms with E-state index in [2.05, 4.69) is 4.98 Å². The fraction of sp³-hybridized carbons (Fsp3) is 0.143. The lowest BCUT2D eigenvalue weighted by molar-refractivity contribution is 0.0689. The van der Waals surface area contributed by atoms with Gasteiger partial charge >= 0.3 is 5.97 Å². The summed E-state index contributed by atoms with van der Waals surface area (Å²) in [5.74, 6) is -1.13. The molecule has 0 saturated heterocycles. The summed E-state index contributed by atoms with van der Waals surface area (Å²) < 4.78 is 0. The normalized spacial score (nSPS) is 9.92. The zero-order valence-electron chi connectivity index (χ0n) is 6.14. The Labute approximate surface area is 78.9 Å². The number of carboxylic acids is 1. The van der Waals surface area contributed by atoms with Gasteiger partial charge < -0.3 is 5.11 Å². The summed E-state index contributed by atoms with van der Waals surface area (Å²) >= 11 is 11.2. The highest BCUT2D eigenvalue weighted by molar-refractivity contribution is 6.34. The maximum absolute atomic E-state index is 10.5. The second kappa shape index (κ2) is 3.29. The minimum atomic E-state index is -1.13. The number of aromatic nitrogens is 1. The van der Waals surface area contributed by atoms with E-state index in [1.807, 2.05) is 0 Å². The number of carbonyl (C=O) groups is 1. The van der Waals surface area contributed by atoms with Crippen LogP contribution in [0.15, 0.2) is 6.07 Å². The van der Waals surface area contributed by atoms with Gasteiger partial charge in [0.25, 0.3) is 0 Å². The predicted molar refractivity (Wildman–Crippen MR) is 46.0 cm³/mol. The maximum Gasteiger partial charge on any atom is 0.354 e. The van der Waals surface area contributed by atoms with Gasteiger partial charge in [0, 0.05) is 10.6 Å². The molecule has 5 heteroatoms. The van der Waals surface area contributed by atoms with Crippen LogP contribution in [0.2, 0.25) is 10.2 Å². The van der Waals surface area contributed by atoms with Gasteiger partial charge in [0.15, 0.2) is 5.69 Å². The molecule has 0 aliphatic heterocycles. The van der Waals surface area contributed by atoms with E-state index in [0.29, 0.717) is 10.6 Å². The molecule has 1 rings (SSSR count). The fourth-order valence-electron chi connectivity index (χ4n) is 0.757. The summed E-state index contributed by atoms with van der Waals surface area (Å²) in [4.78, 5) is 14.2. The van der Waals surface area contributed by atoms with Gasteiger partial charge in [-0.15, -0.1) is 0 Å². The van der Waals surface area contributed by atoms with Crippen molar-refractivity contribution >= 4 is 29.2 Å². The van der Waals surface area contributed by atoms with Crippen molar-refractivity contribution in [3.8, 4) is 0 Å². The van der Waals surface area contributed by atoms with Gasteiger partial charge in [-0.05, 0) is 13.0 Å². The molecule has 0 aromatic carbocycles. The van der Waals surface area contributed by atoms with Crippen molar-refractivity contribution in [2.24, 2.45) is 0 Å². The summed E-state index contributed by atoms with van der Waals surface area (Å²) in [6.07, 6.45) is 0. The zero-order valence-corrected chi connectivity index (χ0v) is 7.65. The fourth-order valence-corrected chi connectivity index (χ4v) is 1.20. The molecule has 3 nitrogen and oxygen atoms in total. The van der Waals surface area contributed by atoms with Gasteiger partial charge in [-0.1, -0.05) is 23.2 Å². The Kier molecular flexibility index (Phi) is 2.55. The van der Waals surface area contributed by atoms with E-state index < -0.39 is 5.97 Å². The monoisotopic (exact) mass is 205 g/mol. The van der Waals surface area contributed by atoms with Gasteiger partial charge in [-0.2, -0.15) is 0 Å². The summed E-state index contributed by atoms with van der Waals surface area (Å²) in [5.41, 5.74) is 0.320. The van der Waals surface area contributed by atoms with E-state index in [0.717, 1.165) is 0 Å². The van der Waals surface area contributed by atoms with E-state index in [1.165, 1.54) is 6.07 Å². The lowest BCUT2D eigenvalue weighted by Crippen LogP contribution is -2.03. The summed E-state index contributed by atoms with van der Waals surface area (Å²) in [6.45, 7) is 1.58. The topological polar surface area (TPSA) is 50.2 Å². The Morgan fingerprint density at radius 3 is 2.67 bits per heavy atom. The van der Waals surface area contributed by atoms with Crippen molar-refractivity contribution in [1.82, 2.24) is 4.98 Å². The highest BCUT2D eigenvalue weighted by Crippen LogP contribution is 2.21. The van der Waals surface area contributed by atoms with Crippen LogP contribution in [0.3, 0.4) is 0 Å². The molecule has 0 aliphatic rings. The van der Waals surface area contributed by atoms with Gasteiger partial charge in [0.2, 0.25) is 0 Å². The highest BCUT2D eigenvalue weighted by atomic mass is 35.5. The Bertz CT molecular complexity index is 338. The molecular formula is C7H5Cl2NO2. The second-order valence-electron chi connectivity index (χ2n) is 2.21. The third-order valence-electron chi connectivity index (χ3n) is 1.38. The number of carboxylic acid groups (broad SMARTS) is 1. The first kappa shape index (κ1) is 9.29. The van der Waals surface area contributed by atoms with E-state index in [-0.39, 0.29) is 10.8 Å². The average molecular weight is 206 g/mol. The Morgan fingerprint density at radius 1 is 1.58 bits per heavy atom. The molecule has 0 atom stereocenters. The molecule has 0 amide bonds. The molecule has 0 saturated carbocycles. The van der Waals surface area contributed by atoms with Gasteiger partial charge in [0.05, 0.1) is 0 Å². The first-order chi connectivity index (χ1) is 5.52. The largest absolute Gasteiger partial charge is 0.477 e. The standard InChI is InChI=1S/C7H5Cl2NO2/c1-3-4(8)2-5(9)10-6(3)7(11)12/h2H,1H3,(H,11,12). The minimum Gasteiger partial charge on any atom is -0.477 e. The molecule has 64 valence electrons. The Morgan fingerprint density at radius 2 is 2.17 bits per heavy atom. The number of halogens is 2. The number of hydrogen-bond acceptors (Lipinski definition) is 2. The number of nitrogens with zero attached hydrogens (tertiary/aromatic N) is 1. The number of rotatable bonds is 1. The average Bonchev–Trinajstić information content (AvgIpc) is 1.96. The zero-order chi connectivity index (χ0) is 9.30. The molecule has 0 bridgehead atoms. The summed E-state index contributed by atoms with van der Waals surface area (Å²) in [7, 11) is 0. The molecule has 0 aliphatic carbocycles. The van der Waals surface area contributed by atoms with Gasteiger partial charge in [-0.25, -0.2) is 9.78 Å². The Balaban J connectivity index is 3.37. The number of pyridine rings is 1. The van der Waals surface area contributed by atoms with Gasteiger partial charge in [-0.3, -0.25) is 0 Å². The quantitative estimate of drug-likeness (QED) is 0.717. The van der Waals surface area contributed by atoms with Crippen LogP contribution in [0.4, 0.5) is 0 Å². The van der Waals surface area contributed by atoms with E-state index >= 15 is 0 Å². The van der Waals surface area contributed by atoms with Crippen LogP contribution in [0.25, 0.3) is 0 Å². The van der Waals surface area contributed by atoms with Crippen LogP contribution in [-0.4, -0.2) is 16.1 Å². The van der Waals surface area contributed by atoms with Crippen molar-refractivity contribution in [1.29, 1.82) is 0 Å². The molecule has 1 aromatic heterocycles. The molecule has 0 unspecified atom stereocenters. The third-order valence-corrected chi connectivity index (χ3v) is 1.97. The first-order valence-electron chi connectivity index (χ1n) is 3.08. The number of aromatic carboxylic acids is 1. The molecule has 0 spiro atoms. The van der Waals surface area contributed by atoms with Crippen LogP contribution < -0.4 is 0 Å². The van der Waals surface area contributed by atoms with Crippen molar-refractivity contribution in [2.75, 3.05) is 0 Å². The molecule has 1 N–H and O–H groups in total. The first-order valence-corrected chi connectivity index (χ1v) is 3.84. The molecule has 1 aromatic rings. The smallest absolute Gasteiger partial charge is 0.354 e. The summed E-state index contributed by atoms with van der Waals surface area (Å²) in [5, 5.41) is 9.03. The van der Waals surface area contributed by atoms with Crippen molar-refractivity contribution < 1.29 is 9.90 Å². The van der Waals surface area contributed by atoms with Crippen molar-refractivity contribution in [3.05, 3.63) is 27.5 Å². The maximum atomic E-state index is 10.5. The minimum absolute atomic E-state index is 0.0861. The highest BCUT2D eigenvalue weighted by Gasteiger charge is 2.12. The van der Waals surface area contributed by atoms with Crippen molar-refractivity contribution in [3.63, 3.8) is 0 Å². The molecular weight excluding hydrogens is 201 g/mol. The third kappa shape index (κ3) is 1.68. The molecule has 0 radical (unpaired) electrons. The Hall–Kier alpha value is -0.800. The lowest BCUT2D eigenvalue weighted by atomic mass is 10.2. The second-order valence-corrected chi connectivity index (χ2v) is 3.00. The molecule has 1 heterocycles.